The van der Waals surface area contributed by atoms with E-state index in [-0.39, 0.29) is 24.8 Å². The zero-order chi connectivity index (χ0) is 12.2. The Kier molecular flexibility index (Phi) is 6.73. The van der Waals surface area contributed by atoms with Gasteiger partial charge in [-0.15, -0.1) is 24.8 Å². The van der Waals surface area contributed by atoms with E-state index in [4.69, 9.17) is 0 Å². The van der Waals surface area contributed by atoms with Crippen LogP contribution in [0.25, 0.3) is 5.57 Å². The Labute approximate surface area is 132 Å². The van der Waals surface area contributed by atoms with Crippen LogP contribution in [-0.4, -0.2) is 11.5 Å². The zero-order valence-electron chi connectivity index (χ0n) is 11.0. The van der Waals surface area contributed by atoms with Crippen LogP contribution in [0.2, 0.25) is 0 Å². The minimum absolute atomic E-state index is 0. The lowest BCUT2D eigenvalue weighted by atomic mass is 9.92. The van der Waals surface area contributed by atoms with E-state index in [1.165, 1.54) is 16.7 Å². The molecule has 20 heavy (non-hydrogen) atoms. The van der Waals surface area contributed by atoms with Crippen LogP contribution in [0.4, 0.5) is 0 Å². The molecule has 106 valence electrons. The summed E-state index contributed by atoms with van der Waals surface area (Å²) in [6.07, 6.45) is 7.07. The Morgan fingerprint density at radius 3 is 2.50 bits per heavy atom. The first-order valence-corrected chi connectivity index (χ1v) is 6.31. The zero-order valence-corrected chi connectivity index (χ0v) is 12.7. The third kappa shape index (κ3) is 3.83. The molecule has 2 heterocycles. The van der Waals surface area contributed by atoms with Gasteiger partial charge in [-0.3, -0.25) is 4.98 Å². The van der Waals surface area contributed by atoms with Gasteiger partial charge in [0.15, 0.2) is 0 Å². The summed E-state index contributed by atoms with van der Waals surface area (Å²) in [4.78, 5) is 4.20. The molecule has 2 nitrogen and oxygen atoms in total. The van der Waals surface area contributed by atoms with Crippen LogP contribution >= 0.6 is 24.8 Å². The highest BCUT2D eigenvalue weighted by molar-refractivity contribution is 5.85. The second kappa shape index (κ2) is 8.05. The number of benzene rings is 1. The third-order valence-corrected chi connectivity index (χ3v) is 3.37. The topological polar surface area (TPSA) is 24.9 Å². The van der Waals surface area contributed by atoms with E-state index in [1.807, 2.05) is 18.5 Å². The SMILES string of the molecule is C1=C(c2ccccc2)C[C@@H](c2cccnc2)NC1.Cl.Cl. The van der Waals surface area contributed by atoms with Crippen molar-refractivity contribution in [1.29, 1.82) is 0 Å². The van der Waals surface area contributed by atoms with Crippen LogP contribution in [0.3, 0.4) is 0 Å². The van der Waals surface area contributed by atoms with Gasteiger partial charge in [-0.05, 0) is 29.2 Å². The molecule has 0 fully saturated rings. The Bertz CT molecular complexity index is 541. The molecule has 1 aliphatic rings. The largest absolute Gasteiger partial charge is 0.306 e. The Hall–Kier alpha value is -1.35. The summed E-state index contributed by atoms with van der Waals surface area (Å²) in [6, 6.07) is 15.1. The van der Waals surface area contributed by atoms with Crippen molar-refractivity contribution < 1.29 is 0 Å². The smallest absolute Gasteiger partial charge is 0.0378 e. The van der Waals surface area contributed by atoms with Gasteiger partial charge in [0.25, 0.3) is 0 Å². The maximum Gasteiger partial charge on any atom is 0.0378 e. The molecule has 4 heteroatoms. The van der Waals surface area contributed by atoms with Gasteiger partial charge in [0.1, 0.15) is 0 Å². The first-order chi connectivity index (χ1) is 8.93. The van der Waals surface area contributed by atoms with E-state index in [0.717, 1.165) is 13.0 Å². The molecule has 2 aromatic rings. The lowest BCUT2D eigenvalue weighted by Crippen LogP contribution is -2.25. The van der Waals surface area contributed by atoms with Crippen molar-refractivity contribution in [2.24, 2.45) is 0 Å². The summed E-state index contributed by atoms with van der Waals surface area (Å²) >= 11 is 0. The van der Waals surface area contributed by atoms with Crippen LogP contribution < -0.4 is 5.32 Å². The number of halogens is 2. The molecule has 1 atom stereocenters. The van der Waals surface area contributed by atoms with Crippen molar-refractivity contribution >= 4 is 30.4 Å². The van der Waals surface area contributed by atoms with Crippen LogP contribution in [0.5, 0.6) is 0 Å². The van der Waals surface area contributed by atoms with E-state index in [9.17, 15) is 0 Å². The summed E-state index contributed by atoms with van der Waals surface area (Å²) in [5.41, 5.74) is 4.01. The van der Waals surface area contributed by atoms with E-state index >= 15 is 0 Å². The van der Waals surface area contributed by atoms with Gasteiger partial charge in [0.05, 0.1) is 0 Å². The molecular weight excluding hydrogens is 291 g/mol. The summed E-state index contributed by atoms with van der Waals surface area (Å²) in [6.45, 7) is 0.920. The van der Waals surface area contributed by atoms with Crippen molar-refractivity contribution in [2.45, 2.75) is 12.5 Å². The minimum atomic E-state index is 0. The molecule has 0 spiro atoms. The van der Waals surface area contributed by atoms with Crippen molar-refractivity contribution in [2.75, 3.05) is 6.54 Å². The standard InChI is InChI=1S/C16H16N2.2ClH/c1-2-5-13(6-3-1)14-8-10-18-16(11-14)15-7-4-9-17-12-15;;/h1-9,12,16,18H,10-11H2;2*1H/t16-;;/m0../s1. The highest BCUT2D eigenvalue weighted by Crippen LogP contribution is 2.29. The van der Waals surface area contributed by atoms with Gasteiger partial charge in [0, 0.05) is 25.0 Å². The average molecular weight is 309 g/mol. The molecule has 1 aromatic heterocycles. The van der Waals surface area contributed by atoms with E-state index in [1.54, 1.807) is 0 Å². The number of nitrogens with zero attached hydrogens (tertiary/aromatic N) is 1. The molecule has 0 aliphatic carbocycles. The highest BCUT2D eigenvalue weighted by atomic mass is 35.5. The molecule has 1 N–H and O–H groups in total. The van der Waals surface area contributed by atoms with Crippen LogP contribution in [0.1, 0.15) is 23.6 Å². The first-order valence-electron chi connectivity index (χ1n) is 6.31. The lowest BCUT2D eigenvalue weighted by molar-refractivity contribution is 0.562. The van der Waals surface area contributed by atoms with E-state index in [2.05, 4.69) is 52.8 Å². The second-order valence-electron chi connectivity index (χ2n) is 4.55. The number of aromatic nitrogens is 1. The van der Waals surface area contributed by atoms with Gasteiger partial charge < -0.3 is 5.32 Å². The molecule has 0 unspecified atom stereocenters. The summed E-state index contributed by atoms with van der Waals surface area (Å²) < 4.78 is 0. The summed E-state index contributed by atoms with van der Waals surface area (Å²) in [7, 11) is 0. The summed E-state index contributed by atoms with van der Waals surface area (Å²) in [5.74, 6) is 0. The molecule has 0 amide bonds. The number of nitrogens with one attached hydrogen (secondary N) is 1. The molecule has 0 radical (unpaired) electrons. The maximum absolute atomic E-state index is 4.20. The second-order valence-corrected chi connectivity index (χ2v) is 4.55. The Morgan fingerprint density at radius 2 is 1.80 bits per heavy atom. The molecular formula is C16H18Cl2N2. The van der Waals surface area contributed by atoms with E-state index in [0.29, 0.717) is 6.04 Å². The fourth-order valence-corrected chi connectivity index (χ4v) is 2.41. The van der Waals surface area contributed by atoms with Crippen molar-refractivity contribution in [3.8, 4) is 0 Å². The molecule has 0 bridgehead atoms. The molecule has 1 aromatic carbocycles. The molecule has 1 aliphatic heterocycles. The predicted octanol–water partition coefficient (Wildman–Crippen LogP) is 4.04. The number of hydrogen-bond donors (Lipinski definition) is 1. The third-order valence-electron chi connectivity index (χ3n) is 3.37. The number of rotatable bonds is 2. The lowest BCUT2D eigenvalue weighted by Gasteiger charge is -2.24. The van der Waals surface area contributed by atoms with Crippen LogP contribution in [-0.2, 0) is 0 Å². The Morgan fingerprint density at radius 1 is 1.00 bits per heavy atom. The molecule has 0 saturated carbocycles. The number of pyridine rings is 1. The normalized spacial score (nSPS) is 17.4. The minimum Gasteiger partial charge on any atom is -0.306 e. The van der Waals surface area contributed by atoms with Crippen LogP contribution in [0, 0.1) is 0 Å². The van der Waals surface area contributed by atoms with Crippen LogP contribution in [0.15, 0.2) is 60.9 Å². The quantitative estimate of drug-likeness (QED) is 0.905. The molecule has 3 rings (SSSR count). The Balaban J connectivity index is 0.000001000. The maximum atomic E-state index is 4.20. The fraction of sp³-hybridized carbons (Fsp3) is 0.188. The molecule has 0 saturated heterocycles. The van der Waals surface area contributed by atoms with Gasteiger partial charge in [0.2, 0.25) is 0 Å². The van der Waals surface area contributed by atoms with Gasteiger partial charge in [-0.25, -0.2) is 0 Å². The van der Waals surface area contributed by atoms with Gasteiger partial charge >= 0.3 is 0 Å². The monoisotopic (exact) mass is 308 g/mol. The van der Waals surface area contributed by atoms with Crippen molar-refractivity contribution in [3.05, 3.63) is 72.1 Å². The fourth-order valence-electron chi connectivity index (χ4n) is 2.41. The van der Waals surface area contributed by atoms with Gasteiger partial charge in [-0.2, -0.15) is 0 Å². The highest BCUT2D eigenvalue weighted by Gasteiger charge is 2.17. The van der Waals surface area contributed by atoms with Crippen molar-refractivity contribution in [3.63, 3.8) is 0 Å². The van der Waals surface area contributed by atoms with Crippen molar-refractivity contribution in [1.82, 2.24) is 10.3 Å². The first kappa shape index (κ1) is 16.7. The number of hydrogen-bond acceptors (Lipinski definition) is 2. The predicted molar refractivity (Wildman–Crippen MR) is 88.5 cm³/mol. The average Bonchev–Trinajstić information content (AvgIpc) is 2.49. The van der Waals surface area contributed by atoms with Gasteiger partial charge in [-0.1, -0.05) is 42.5 Å². The summed E-state index contributed by atoms with van der Waals surface area (Å²) in [5, 5.41) is 3.52. The van der Waals surface area contributed by atoms with E-state index < -0.39 is 0 Å².